The quantitative estimate of drug-likeness (QED) is 0.0433. The number of hydrogen-bond donors (Lipinski definition) is 4. The van der Waals surface area contributed by atoms with Crippen molar-refractivity contribution in [3.63, 3.8) is 0 Å². The van der Waals surface area contributed by atoms with Gasteiger partial charge in [0, 0.05) is 23.5 Å². The monoisotopic (exact) mass is 906 g/mol. The molecule has 3 amide bonds. The molecule has 0 spiro atoms. The van der Waals surface area contributed by atoms with Crippen LogP contribution in [-0.2, 0) is 14.3 Å². The van der Waals surface area contributed by atoms with E-state index in [0.29, 0.717) is 24.3 Å². The average molecular weight is 909 g/mol. The summed E-state index contributed by atoms with van der Waals surface area (Å²) in [4.78, 5) is 56.0. The number of anilines is 1. The predicted octanol–water partition coefficient (Wildman–Crippen LogP) is 10.9. The lowest BCUT2D eigenvalue weighted by Crippen LogP contribution is -2.31. The van der Waals surface area contributed by atoms with Crippen molar-refractivity contribution in [1.29, 1.82) is 0 Å². The molecule has 1 aliphatic carbocycles. The number of benzene rings is 3. The molecule has 290 valence electrons. The molecule has 3 aromatic carbocycles. The molecule has 7 aromatic rings. The molecule has 2 aliphatic rings. The van der Waals surface area contributed by atoms with E-state index in [0.717, 1.165) is 53.1 Å². The summed E-state index contributed by atoms with van der Waals surface area (Å²) >= 11 is 31.8. The Morgan fingerprint density at radius 1 is 0.964 bits per heavy atom. The van der Waals surface area contributed by atoms with E-state index in [2.05, 4.69) is 46.0 Å². The van der Waals surface area contributed by atoms with Crippen LogP contribution in [0.15, 0.2) is 96.5 Å². The van der Waals surface area contributed by atoms with E-state index in [1.165, 1.54) is 11.8 Å². The Bertz CT molecular complexity index is 2430. The maximum absolute atomic E-state index is 12.1. The van der Waals surface area contributed by atoms with Gasteiger partial charge in [0.05, 0.1) is 51.2 Å². The first kappa shape index (κ1) is 41.6. The Morgan fingerprint density at radius 3 is 2.23 bits per heavy atom. The molecule has 0 radical (unpaired) electrons. The molecule has 9 rings (SSSR count). The topological polar surface area (TPSA) is 162 Å². The Morgan fingerprint density at radius 2 is 1.62 bits per heavy atom. The Labute approximate surface area is 357 Å². The fourth-order valence-electron chi connectivity index (χ4n) is 5.46. The number of aromatic nitrogens is 6. The number of amides is 3. The van der Waals surface area contributed by atoms with Crippen molar-refractivity contribution < 1.29 is 19.1 Å². The number of aromatic amines is 3. The third-order valence-electron chi connectivity index (χ3n) is 8.04. The first-order valence-corrected chi connectivity index (χ1v) is 21.1. The molecule has 5 heterocycles. The van der Waals surface area contributed by atoms with Crippen LogP contribution in [0.5, 0.6) is 0 Å². The summed E-state index contributed by atoms with van der Waals surface area (Å²) < 4.78 is 5.87. The average Bonchev–Trinajstić information content (AvgIpc) is 4.04. The van der Waals surface area contributed by atoms with E-state index >= 15 is 0 Å². The standard InChI is InChI=1S/C10H9Cl4NO2S.C10H7N3S.C9H9N3O2.C7H5NS2/c11-9(12)10(13,14)18-15-7(16)5-3-1-2-4-6(5)8(15)17;1-2-4-8-7(3-1)12-9(13-8)10-11-5-6-14-10;1-14-9(13)12-8-10-6-4-2-3-5-7(6)11-8;9-7-8-5-3-1-2-4-6(5)10-7/h1,3,5-6,9H,2,4H2;1-6H,(H,12,13);2-5H,1H3,(H2,10,11,12,13);1-4H,(H,8,9). The highest BCUT2D eigenvalue weighted by molar-refractivity contribution is 8.02. The second kappa shape index (κ2) is 19.0. The molecule has 0 bridgehead atoms. The van der Waals surface area contributed by atoms with Crippen molar-refractivity contribution in [2.75, 3.05) is 12.4 Å². The number of thiazole rings is 2. The molecule has 0 saturated carbocycles. The number of nitrogens with one attached hydrogen (secondary N) is 4. The maximum atomic E-state index is 12.1. The second-order valence-corrected chi connectivity index (χ2v) is 18.5. The minimum absolute atomic E-state index is 0.279. The normalized spacial score (nSPS) is 16.1. The smallest absolute Gasteiger partial charge is 0.413 e. The lowest BCUT2D eigenvalue weighted by molar-refractivity contribution is -0.133. The molecular weight excluding hydrogens is 879 g/mol. The van der Waals surface area contributed by atoms with Crippen LogP contribution in [0.3, 0.4) is 0 Å². The predicted molar refractivity (Wildman–Crippen MR) is 231 cm³/mol. The van der Waals surface area contributed by atoms with Crippen LogP contribution in [0.25, 0.3) is 43.1 Å². The van der Waals surface area contributed by atoms with Gasteiger partial charge >= 0.3 is 6.09 Å². The number of carbonyl (C=O) groups is 3. The number of halogens is 4. The van der Waals surface area contributed by atoms with E-state index in [-0.39, 0.29) is 17.7 Å². The molecule has 2 atom stereocenters. The van der Waals surface area contributed by atoms with Gasteiger partial charge < -0.3 is 19.7 Å². The Hall–Kier alpha value is -4.00. The summed E-state index contributed by atoms with van der Waals surface area (Å²) in [5.74, 6) is -0.0842. The summed E-state index contributed by atoms with van der Waals surface area (Å²) in [6.07, 6.45) is 6.36. The van der Waals surface area contributed by atoms with Crippen LogP contribution >= 0.6 is 93.2 Å². The highest BCUT2D eigenvalue weighted by Crippen LogP contribution is 2.48. The zero-order valence-electron chi connectivity index (χ0n) is 29.0. The van der Waals surface area contributed by atoms with E-state index in [1.807, 2.05) is 78.2 Å². The van der Waals surface area contributed by atoms with Gasteiger partial charge in [0.15, 0.2) is 19.6 Å². The van der Waals surface area contributed by atoms with Gasteiger partial charge in [-0.1, -0.05) is 71.8 Å². The van der Waals surface area contributed by atoms with Gasteiger partial charge in [0.25, 0.3) is 0 Å². The number of carbonyl (C=O) groups excluding carboxylic acids is 3. The molecule has 12 nitrogen and oxygen atoms in total. The van der Waals surface area contributed by atoms with Gasteiger partial charge in [0.2, 0.25) is 21.4 Å². The fourth-order valence-corrected chi connectivity index (χ4v) is 8.57. The van der Waals surface area contributed by atoms with Crippen molar-refractivity contribution in [1.82, 2.24) is 34.2 Å². The molecule has 1 aliphatic heterocycles. The number of imidazole rings is 2. The van der Waals surface area contributed by atoms with Crippen LogP contribution in [-0.4, -0.2) is 67.7 Å². The van der Waals surface area contributed by atoms with Crippen LogP contribution in [0.2, 0.25) is 0 Å². The highest BCUT2D eigenvalue weighted by Gasteiger charge is 2.51. The third kappa shape index (κ3) is 10.3. The number of ether oxygens (including phenoxy) is 1. The van der Waals surface area contributed by atoms with Crippen molar-refractivity contribution in [3.05, 3.63) is 100 Å². The molecule has 4 N–H and O–H groups in total. The molecule has 20 heteroatoms. The van der Waals surface area contributed by atoms with E-state index < -0.39 is 20.5 Å². The summed E-state index contributed by atoms with van der Waals surface area (Å²) in [5, 5.41) is 5.33. The fraction of sp³-hybridized carbons (Fsp3) is 0.194. The van der Waals surface area contributed by atoms with Crippen molar-refractivity contribution in [2.24, 2.45) is 11.8 Å². The Kier molecular flexibility index (Phi) is 14.1. The number of methoxy groups -OCH3 is 1. The number of fused-ring (bicyclic) bond motifs is 4. The van der Waals surface area contributed by atoms with Gasteiger partial charge in [-0.3, -0.25) is 14.9 Å². The summed E-state index contributed by atoms with van der Waals surface area (Å²) in [7, 11) is 1.30. The lowest BCUT2D eigenvalue weighted by Gasteiger charge is -2.24. The lowest BCUT2D eigenvalue weighted by atomic mass is 9.86. The van der Waals surface area contributed by atoms with Crippen LogP contribution in [0, 0.1) is 15.8 Å². The molecular formula is C36H30Cl4N8O4S4. The number of rotatable bonds is 5. The van der Waals surface area contributed by atoms with Gasteiger partial charge in [-0.15, -0.1) is 45.9 Å². The second-order valence-electron chi connectivity index (χ2n) is 11.7. The number of hydrogen-bond acceptors (Lipinski definition) is 11. The number of H-pyrrole nitrogens is 3. The number of nitrogens with zero attached hydrogens (tertiary/aromatic N) is 4. The molecule has 1 saturated heterocycles. The zero-order valence-corrected chi connectivity index (χ0v) is 35.2. The third-order valence-corrected chi connectivity index (χ3v) is 13.3. The molecule has 1 fully saturated rings. The van der Waals surface area contributed by atoms with Gasteiger partial charge in [-0.25, -0.2) is 24.1 Å². The number of para-hydroxylation sites is 5. The van der Waals surface area contributed by atoms with E-state index in [1.54, 1.807) is 34.9 Å². The van der Waals surface area contributed by atoms with E-state index in [9.17, 15) is 14.4 Å². The van der Waals surface area contributed by atoms with Crippen LogP contribution in [0.1, 0.15) is 12.8 Å². The van der Waals surface area contributed by atoms with Gasteiger partial charge in [-0.05, 0) is 61.5 Å². The number of allylic oxidation sites excluding steroid dienone is 1. The summed E-state index contributed by atoms with van der Waals surface area (Å²) in [5.41, 5.74) is 4.85. The van der Waals surface area contributed by atoms with Crippen molar-refractivity contribution in [3.8, 4) is 10.8 Å². The minimum atomic E-state index is -1.63. The number of alkyl halides is 4. The Balaban J connectivity index is 0.000000129. The SMILES string of the molecule is COC(=O)Nc1nc2ccccc2[nH]1.O=C1C2C=CCCC2C(=O)N1SC(Cl)(Cl)C(Cl)Cl.S=c1[nH]c2ccccc2s1.c1ccc2[nH]c(-c3nccs3)nc2c1. The van der Waals surface area contributed by atoms with E-state index in [4.69, 9.17) is 58.6 Å². The first-order valence-electron chi connectivity index (χ1n) is 16.5. The van der Waals surface area contributed by atoms with Crippen LogP contribution in [0.4, 0.5) is 10.7 Å². The molecule has 4 aromatic heterocycles. The van der Waals surface area contributed by atoms with Crippen LogP contribution < -0.4 is 5.32 Å². The minimum Gasteiger partial charge on any atom is -0.453 e. The van der Waals surface area contributed by atoms with Crippen molar-refractivity contribution >= 4 is 149 Å². The van der Waals surface area contributed by atoms with Crippen molar-refractivity contribution in [2.45, 2.75) is 21.3 Å². The highest BCUT2D eigenvalue weighted by atomic mass is 35.5. The molecule has 56 heavy (non-hydrogen) atoms. The van der Waals surface area contributed by atoms with Gasteiger partial charge in [0.1, 0.15) is 0 Å². The summed E-state index contributed by atoms with van der Waals surface area (Å²) in [6, 6.07) is 23.6. The number of imide groups is 1. The maximum Gasteiger partial charge on any atom is 0.413 e. The summed E-state index contributed by atoms with van der Waals surface area (Å²) in [6.45, 7) is 0. The largest absolute Gasteiger partial charge is 0.453 e. The first-order chi connectivity index (χ1) is 26.9. The van der Waals surface area contributed by atoms with Gasteiger partial charge in [-0.2, -0.15) is 0 Å². The molecule has 2 unspecified atom stereocenters. The zero-order chi connectivity index (χ0) is 39.8.